The topological polar surface area (TPSA) is 13.1 Å². The molecule has 1 heterocycles. The van der Waals surface area contributed by atoms with Gasteiger partial charge in [-0.15, -0.1) is 0 Å². The van der Waals surface area contributed by atoms with Crippen LogP contribution in [0.25, 0.3) is 86.9 Å². The lowest BCUT2D eigenvalue weighted by molar-refractivity contribution is 0.673. The standard InChI is InChI=1S/C36H20O/c1-2-11-23-21(9-1)19-30(25-13-4-3-12-24(23)25)31-20-22-10-7-16-28-33(22)34-26(31)15-8-17-29(34)36-35(28)27-14-5-6-18-32(27)37-36/h1-20H. The summed E-state index contributed by atoms with van der Waals surface area (Å²) in [5.41, 5.74) is 4.46. The molecule has 0 bridgehead atoms. The second-order valence-electron chi connectivity index (χ2n) is 10.0. The Morgan fingerprint density at radius 3 is 1.86 bits per heavy atom. The van der Waals surface area contributed by atoms with Crippen molar-refractivity contribution in [1.29, 1.82) is 0 Å². The lowest BCUT2D eigenvalue weighted by atomic mass is 9.85. The van der Waals surface area contributed by atoms with E-state index in [2.05, 4.69) is 121 Å². The van der Waals surface area contributed by atoms with E-state index in [4.69, 9.17) is 4.42 Å². The molecule has 1 aromatic heterocycles. The average Bonchev–Trinajstić information content (AvgIpc) is 3.36. The van der Waals surface area contributed by atoms with Crippen LogP contribution in [-0.2, 0) is 0 Å². The third-order valence-corrected chi connectivity index (χ3v) is 8.17. The van der Waals surface area contributed by atoms with Crippen LogP contribution >= 0.6 is 0 Å². The molecule has 0 spiro atoms. The summed E-state index contributed by atoms with van der Waals surface area (Å²) in [5, 5.41) is 15.1. The summed E-state index contributed by atoms with van der Waals surface area (Å²) in [6.45, 7) is 0. The maximum Gasteiger partial charge on any atom is 0.143 e. The zero-order valence-electron chi connectivity index (χ0n) is 20.0. The Kier molecular flexibility index (Phi) is 3.59. The van der Waals surface area contributed by atoms with E-state index in [1.54, 1.807) is 0 Å². The van der Waals surface area contributed by atoms with Crippen LogP contribution in [-0.4, -0.2) is 0 Å². The largest absolute Gasteiger partial charge is 0.455 e. The number of hydrogen-bond donors (Lipinski definition) is 0. The van der Waals surface area contributed by atoms with Crippen LogP contribution < -0.4 is 0 Å². The van der Waals surface area contributed by atoms with Crippen LogP contribution in [0.15, 0.2) is 126 Å². The molecular weight excluding hydrogens is 448 g/mol. The quantitative estimate of drug-likeness (QED) is 0.218. The van der Waals surface area contributed by atoms with E-state index in [0.29, 0.717) is 0 Å². The fourth-order valence-electron chi connectivity index (χ4n) is 6.65. The molecule has 9 aromatic rings. The molecule has 0 aliphatic rings. The van der Waals surface area contributed by atoms with Crippen molar-refractivity contribution >= 4 is 75.8 Å². The van der Waals surface area contributed by atoms with Gasteiger partial charge in [-0.2, -0.15) is 0 Å². The second-order valence-corrected chi connectivity index (χ2v) is 10.0. The van der Waals surface area contributed by atoms with E-state index in [9.17, 15) is 0 Å². The summed E-state index contributed by atoms with van der Waals surface area (Å²) in [4.78, 5) is 0. The molecule has 9 rings (SSSR count). The second kappa shape index (κ2) is 6.87. The molecule has 0 fully saturated rings. The van der Waals surface area contributed by atoms with Crippen LogP contribution in [0.3, 0.4) is 0 Å². The maximum absolute atomic E-state index is 6.54. The molecule has 0 amide bonds. The highest BCUT2D eigenvalue weighted by Gasteiger charge is 2.21. The van der Waals surface area contributed by atoms with E-state index in [1.165, 1.54) is 75.8 Å². The Bertz CT molecular complexity index is 2350. The van der Waals surface area contributed by atoms with Gasteiger partial charge < -0.3 is 4.42 Å². The zero-order chi connectivity index (χ0) is 24.1. The SMILES string of the molecule is c1ccc2c(c1)cc(-c1cc3cccc4c5c6ccccc6oc5c5cccc1c5c34)c1ccccc12. The lowest BCUT2D eigenvalue weighted by Crippen LogP contribution is -1.90. The highest BCUT2D eigenvalue weighted by Crippen LogP contribution is 2.48. The maximum atomic E-state index is 6.54. The summed E-state index contributed by atoms with van der Waals surface area (Å²) < 4.78 is 6.54. The van der Waals surface area contributed by atoms with E-state index in [1.807, 2.05) is 0 Å². The predicted octanol–water partition coefficient (Wildman–Crippen LogP) is 10.5. The van der Waals surface area contributed by atoms with Crippen molar-refractivity contribution in [3.05, 3.63) is 121 Å². The van der Waals surface area contributed by atoms with Crippen molar-refractivity contribution in [3.8, 4) is 11.1 Å². The number of hydrogen-bond acceptors (Lipinski definition) is 1. The molecule has 0 aliphatic carbocycles. The minimum Gasteiger partial charge on any atom is -0.455 e. The van der Waals surface area contributed by atoms with Gasteiger partial charge >= 0.3 is 0 Å². The van der Waals surface area contributed by atoms with Crippen LogP contribution in [0.2, 0.25) is 0 Å². The molecule has 0 saturated carbocycles. The van der Waals surface area contributed by atoms with Gasteiger partial charge in [0, 0.05) is 21.5 Å². The van der Waals surface area contributed by atoms with Crippen molar-refractivity contribution in [1.82, 2.24) is 0 Å². The van der Waals surface area contributed by atoms with Crippen molar-refractivity contribution in [2.24, 2.45) is 0 Å². The molecule has 0 atom stereocenters. The predicted molar refractivity (Wildman–Crippen MR) is 158 cm³/mol. The number of furan rings is 1. The zero-order valence-corrected chi connectivity index (χ0v) is 20.0. The normalized spacial score (nSPS) is 12.3. The van der Waals surface area contributed by atoms with Gasteiger partial charge in [-0.05, 0) is 72.4 Å². The number of rotatable bonds is 1. The summed E-state index contributed by atoms with van der Waals surface area (Å²) in [5.74, 6) is 0. The van der Waals surface area contributed by atoms with Crippen LogP contribution in [0, 0.1) is 0 Å². The van der Waals surface area contributed by atoms with Gasteiger partial charge in [0.05, 0.1) is 0 Å². The smallest absolute Gasteiger partial charge is 0.143 e. The number of benzene rings is 8. The molecule has 1 heteroatoms. The van der Waals surface area contributed by atoms with Crippen molar-refractivity contribution in [2.75, 3.05) is 0 Å². The van der Waals surface area contributed by atoms with E-state index < -0.39 is 0 Å². The van der Waals surface area contributed by atoms with Gasteiger partial charge in [0.2, 0.25) is 0 Å². The first-order chi connectivity index (χ1) is 18.4. The van der Waals surface area contributed by atoms with Crippen molar-refractivity contribution in [2.45, 2.75) is 0 Å². The van der Waals surface area contributed by atoms with Crippen molar-refractivity contribution < 1.29 is 4.42 Å². The van der Waals surface area contributed by atoms with E-state index >= 15 is 0 Å². The van der Waals surface area contributed by atoms with Crippen LogP contribution in [0.4, 0.5) is 0 Å². The van der Waals surface area contributed by atoms with E-state index in [-0.39, 0.29) is 0 Å². The molecule has 0 saturated heterocycles. The minimum absolute atomic E-state index is 0.940. The Balaban J connectivity index is 1.54. The highest BCUT2D eigenvalue weighted by molar-refractivity contribution is 6.38. The van der Waals surface area contributed by atoms with Gasteiger partial charge in [-0.1, -0.05) is 103 Å². The molecule has 0 radical (unpaired) electrons. The van der Waals surface area contributed by atoms with Gasteiger partial charge in [0.1, 0.15) is 11.2 Å². The Morgan fingerprint density at radius 1 is 0.351 bits per heavy atom. The summed E-state index contributed by atoms with van der Waals surface area (Å²) in [6, 6.07) is 44.1. The molecular formula is C36H20O. The summed E-state index contributed by atoms with van der Waals surface area (Å²) >= 11 is 0. The Morgan fingerprint density at radius 2 is 0.946 bits per heavy atom. The van der Waals surface area contributed by atoms with Crippen LogP contribution in [0.5, 0.6) is 0 Å². The van der Waals surface area contributed by atoms with Gasteiger partial charge in [0.25, 0.3) is 0 Å². The highest BCUT2D eigenvalue weighted by atomic mass is 16.3. The first-order valence-electron chi connectivity index (χ1n) is 12.8. The fraction of sp³-hybridized carbons (Fsp3) is 0. The number of para-hydroxylation sites is 1. The van der Waals surface area contributed by atoms with Crippen LogP contribution in [0.1, 0.15) is 0 Å². The molecule has 37 heavy (non-hydrogen) atoms. The number of fused-ring (bicyclic) bond motifs is 8. The van der Waals surface area contributed by atoms with Gasteiger partial charge in [0.15, 0.2) is 0 Å². The fourth-order valence-corrected chi connectivity index (χ4v) is 6.65. The Hall–Kier alpha value is -4.88. The van der Waals surface area contributed by atoms with E-state index in [0.717, 1.165) is 11.2 Å². The monoisotopic (exact) mass is 468 g/mol. The van der Waals surface area contributed by atoms with Gasteiger partial charge in [-0.25, -0.2) is 0 Å². The molecule has 0 aliphatic heterocycles. The minimum atomic E-state index is 0.940. The summed E-state index contributed by atoms with van der Waals surface area (Å²) in [6.07, 6.45) is 0. The Labute approximate surface area is 212 Å². The molecule has 1 nitrogen and oxygen atoms in total. The third-order valence-electron chi connectivity index (χ3n) is 8.17. The average molecular weight is 469 g/mol. The molecule has 0 unspecified atom stereocenters. The lowest BCUT2D eigenvalue weighted by Gasteiger charge is -2.18. The molecule has 0 N–H and O–H groups in total. The first-order valence-corrected chi connectivity index (χ1v) is 12.8. The third kappa shape index (κ3) is 2.43. The first kappa shape index (κ1) is 19.3. The molecule has 170 valence electrons. The van der Waals surface area contributed by atoms with Crippen molar-refractivity contribution in [3.63, 3.8) is 0 Å². The van der Waals surface area contributed by atoms with Gasteiger partial charge in [-0.3, -0.25) is 0 Å². The molecule has 8 aromatic carbocycles. The summed E-state index contributed by atoms with van der Waals surface area (Å²) in [7, 11) is 0.